The number of carbonyl (C=O) groups is 1. The smallest absolute Gasteiger partial charge is 0.251 e. The van der Waals surface area contributed by atoms with E-state index in [1.807, 2.05) is 65.0 Å². The standard InChI is InChI=1S/C19H22N4O/c1-14-15(2)21-23(16(14)3)13-10-20-19(24)17-6-8-18(9-7-17)22-11-4-5-12-22/h4-9,11-12H,10,13H2,1-3H3,(H,20,24). The first-order valence-electron chi connectivity index (χ1n) is 8.08. The van der Waals surface area contributed by atoms with Gasteiger partial charge in [0.15, 0.2) is 0 Å². The van der Waals surface area contributed by atoms with Gasteiger partial charge in [-0.2, -0.15) is 5.10 Å². The summed E-state index contributed by atoms with van der Waals surface area (Å²) in [6.07, 6.45) is 3.96. The van der Waals surface area contributed by atoms with Crippen molar-refractivity contribution in [2.45, 2.75) is 27.3 Å². The average molecular weight is 322 g/mol. The zero-order chi connectivity index (χ0) is 17.1. The molecule has 124 valence electrons. The van der Waals surface area contributed by atoms with E-state index in [0.717, 1.165) is 17.1 Å². The summed E-state index contributed by atoms with van der Waals surface area (Å²) in [7, 11) is 0. The summed E-state index contributed by atoms with van der Waals surface area (Å²) in [5.41, 5.74) is 5.10. The van der Waals surface area contributed by atoms with E-state index in [1.165, 1.54) is 5.56 Å². The number of nitrogens with zero attached hydrogens (tertiary/aromatic N) is 3. The maximum atomic E-state index is 12.2. The molecule has 5 nitrogen and oxygen atoms in total. The Morgan fingerprint density at radius 2 is 1.75 bits per heavy atom. The molecule has 0 aliphatic carbocycles. The fourth-order valence-electron chi connectivity index (χ4n) is 2.67. The molecular formula is C19H22N4O. The van der Waals surface area contributed by atoms with Gasteiger partial charge >= 0.3 is 0 Å². The van der Waals surface area contributed by atoms with E-state index in [-0.39, 0.29) is 5.91 Å². The summed E-state index contributed by atoms with van der Waals surface area (Å²) in [6.45, 7) is 7.35. The van der Waals surface area contributed by atoms with Gasteiger partial charge in [0.1, 0.15) is 0 Å². The summed E-state index contributed by atoms with van der Waals surface area (Å²) in [5, 5.41) is 7.43. The van der Waals surface area contributed by atoms with Gasteiger partial charge in [0, 0.05) is 35.9 Å². The Kier molecular flexibility index (Phi) is 4.51. The Morgan fingerprint density at radius 3 is 2.33 bits per heavy atom. The fourth-order valence-corrected chi connectivity index (χ4v) is 2.67. The minimum atomic E-state index is -0.0627. The number of hydrogen-bond acceptors (Lipinski definition) is 2. The highest BCUT2D eigenvalue weighted by Crippen LogP contribution is 2.11. The Bertz CT molecular complexity index is 829. The first-order valence-corrected chi connectivity index (χ1v) is 8.08. The first kappa shape index (κ1) is 16.1. The molecule has 0 atom stereocenters. The molecule has 0 unspecified atom stereocenters. The number of aromatic nitrogens is 3. The lowest BCUT2D eigenvalue weighted by Gasteiger charge is -2.08. The zero-order valence-electron chi connectivity index (χ0n) is 14.3. The van der Waals surface area contributed by atoms with E-state index in [9.17, 15) is 4.79 Å². The molecule has 0 fully saturated rings. The molecule has 2 heterocycles. The summed E-state index contributed by atoms with van der Waals surface area (Å²) in [4.78, 5) is 12.2. The molecule has 0 bridgehead atoms. The van der Waals surface area contributed by atoms with Crippen molar-refractivity contribution in [1.82, 2.24) is 19.7 Å². The van der Waals surface area contributed by atoms with Crippen LogP contribution in [-0.2, 0) is 6.54 Å². The Hall–Kier alpha value is -2.82. The lowest BCUT2D eigenvalue weighted by Crippen LogP contribution is -2.27. The molecule has 1 aromatic carbocycles. The van der Waals surface area contributed by atoms with E-state index in [2.05, 4.69) is 24.3 Å². The van der Waals surface area contributed by atoms with E-state index < -0.39 is 0 Å². The lowest BCUT2D eigenvalue weighted by molar-refractivity contribution is 0.0952. The molecule has 0 radical (unpaired) electrons. The van der Waals surface area contributed by atoms with Crippen LogP contribution in [0.5, 0.6) is 0 Å². The van der Waals surface area contributed by atoms with Crippen LogP contribution < -0.4 is 5.32 Å². The SMILES string of the molecule is Cc1nn(CCNC(=O)c2ccc(-n3cccc3)cc2)c(C)c1C. The summed E-state index contributed by atoms with van der Waals surface area (Å²) < 4.78 is 3.95. The van der Waals surface area contributed by atoms with Crippen molar-refractivity contribution < 1.29 is 4.79 Å². The second-order valence-electron chi connectivity index (χ2n) is 5.91. The maximum Gasteiger partial charge on any atom is 0.251 e. The summed E-state index contributed by atoms with van der Waals surface area (Å²) in [5.74, 6) is -0.0627. The van der Waals surface area contributed by atoms with Gasteiger partial charge in [-0.15, -0.1) is 0 Å². The number of nitrogens with one attached hydrogen (secondary N) is 1. The molecule has 0 aliphatic heterocycles. The molecule has 3 aromatic rings. The highest BCUT2D eigenvalue weighted by molar-refractivity contribution is 5.94. The number of aryl methyl sites for hydroxylation is 1. The van der Waals surface area contributed by atoms with Crippen LogP contribution >= 0.6 is 0 Å². The third kappa shape index (κ3) is 3.25. The largest absolute Gasteiger partial charge is 0.350 e. The molecule has 1 N–H and O–H groups in total. The third-order valence-corrected chi connectivity index (χ3v) is 4.38. The quantitative estimate of drug-likeness (QED) is 0.785. The molecule has 1 amide bonds. The predicted octanol–water partition coefficient (Wildman–Crippen LogP) is 3.03. The van der Waals surface area contributed by atoms with E-state index in [1.54, 1.807) is 0 Å². The molecular weight excluding hydrogens is 300 g/mol. The van der Waals surface area contributed by atoms with Crippen molar-refractivity contribution in [2.75, 3.05) is 6.54 Å². The molecule has 0 spiro atoms. The fraction of sp³-hybridized carbons (Fsp3) is 0.263. The molecule has 24 heavy (non-hydrogen) atoms. The van der Waals surface area contributed by atoms with Gasteiger partial charge in [0.2, 0.25) is 0 Å². The molecule has 2 aromatic heterocycles. The van der Waals surface area contributed by atoms with Crippen molar-refractivity contribution >= 4 is 5.91 Å². The average Bonchev–Trinajstić information content (AvgIpc) is 3.21. The number of rotatable bonds is 5. The molecule has 3 rings (SSSR count). The van der Waals surface area contributed by atoms with Crippen molar-refractivity contribution in [1.29, 1.82) is 0 Å². The lowest BCUT2D eigenvalue weighted by atomic mass is 10.2. The van der Waals surface area contributed by atoms with Gasteiger partial charge in [-0.05, 0) is 62.7 Å². The van der Waals surface area contributed by atoms with E-state index in [0.29, 0.717) is 18.7 Å². The van der Waals surface area contributed by atoms with Crippen LogP contribution in [0.25, 0.3) is 5.69 Å². The van der Waals surface area contributed by atoms with Gasteiger partial charge in [0.25, 0.3) is 5.91 Å². The molecule has 0 aliphatic rings. The molecule has 5 heteroatoms. The van der Waals surface area contributed by atoms with Crippen molar-refractivity contribution in [3.05, 3.63) is 71.3 Å². The predicted molar refractivity (Wildman–Crippen MR) is 94.5 cm³/mol. The minimum absolute atomic E-state index is 0.0627. The number of hydrogen-bond donors (Lipinski definition) is 1. The van der Waals surface area contributed by atoms with Crippen LogP contribution in [0, 0.1) is 20.8 Å². The van der Waals surface area contributed by atoms with Crippen LogP contribution in [0.2, 0.25) is 0 Å². The van der Waals surface area contributed by atoms with Crippen molar-refractivity contribution in [3.63, 3.8) is 0 Å². The second-order valence-corrected chi connectivity index (χ2v) is 5.91. The van der Waals surface area contributed by atoms with Gasteiger partial charge in [0.05, 0.1) is 12.2 Å². The van der Waals surface area contributed by atoms with E-state index >= 15 is 0 Å². The topological polar surface area (TPSA) is 51.9 Å². The Balaban J connectivity index is 1.58. The van der Waals surface area contributed by atoms with Crippen LogP contribution in [0.4, 0.5) is 0 Å². The number of carbonyl (C=O) groups excluding carboxylic acids is 1. The normalized spacial score (nSPS) is 10.8. The number of benzene rings is 1. The van der Waals surface area contributed by atoms with Crippen molar-refractivity contribution in [2.24, 2.45) is 0 Å². The summed E-state index contributed by atoms with van der Waals surface area (Å²) >= 11 is 0. The highest BCUT2D eigenvalue weighted by atomic mass is 16.1. The molecule has 0 saturated heterocycles. The van der Waals surface area contributed by atoms with Crippen LogP contribution in [0.15, 0.2) is 48.8 Å². The Morgan fingerprint density at radius 1 is 1.08 bits per heavy atom. The summed E-state index contributed by atoms with van der Waals surface area (Å²) in [6, 6.07) is 11.5. The van der Waals surface area contributed by atoms with Gasteiger partial charge in [-0.25, -0.2) is 0 Å². The van der Waals surface area contributed by atoms with Gasteiger partial charge in [-0.3, -0.25) is 9.48 Å². The zero-order valence-corrected chi connectivity index (χ0v) is 14.3. The second kappa shape index (κ2) is 6.74. The van der Waals surface area contributed by atoms with E-state index in [4.69, 9.17) is 0 Å². The van der Waals surface area contributed by atoms with Gasteiger partial charge in [-0.1, -0.05) is 0 Å². The van der Waals surface area contributed by atoms with Crippen LogP contribution in [0.1, 0.15) is 27.3 Å². The monoisotopic (exact) mass is 322 g/mol. The van der Waals surface area contributed by atoms with Gasteiger partial charge < -0.3 is 9.88 Å². The molecule has 0 saturated carbocycles. The third-order valence-electron chi connectivity index (χ3n) is 4.38. The minimum Gasteiger partial charge on any atom is -0.350 e. The van der Waals surface area contributed by atoms with Crippen LogP contribution in [0.3, 0.4) is 0 Å². The maximum absolute atomic E-state index is 12.2. The van der Waals surface area contributed by atoms with Crippen LogP contribution in [-0.4, -0.2) is 26.8 Å². The first-order chi connectivity index (χ1) is 11.6. The van der Waals surface area contributed by atoms with Crippen molar-refractivity contribution in [3.8, 4) is 5.69 Å². The number of amides is 1. The Labute approximate surface area is 141 Å². The highest BCUT2D eigenvalue weighted by Gasteiger charge is 2.08.